The summed E-state index contributed by atoms with van der Waals surface area (Å²) in [5.41, 5.74) is 2.19. The normalized spacial score (nSPS) is 12.3. The summed E-state index contributed by atoms with van der Waals surface area (Å²) in [6, 6.07) is 28.8. The van der Waals surface area contributed by atoms with Crippen molar-refractivity contribution in [2.24, 2.45) is 0 Å². The van der Waals surface area contributed by atoms with Gasteiger partial charge >= 0.3 is 0 Å². The highest BCUT2D eigenvalue weighted by Gasteiger charge is 2.35. The fourth-order valence-electron chi connectivity index (χ4n) is 4.84. The first-order valence-corrected chi connectivity index (χ1v) is 17.1. The number of carbonyl (C=O) groups excluding carboxylic acids is 2. The molecule has 10 heteroatoms. The Morgan fingerprint density at radius 3 is 2.13 bits per heavy atom. The van der Waals surface area contributed by atoms with Crippen LogP contribution in [0.4, 0.5) is 5.69 Å². The molecule has 0 bridgehead atoms. The van der Waals surface area contributed by atoms with Gasteiger partial charge in [-0.25, -0.2) is 8.42 Å². The van der Waals surface area contributed by atoms with Crippen LogP contribution in [-0.2, 0) is 32.6 Å². The number of sulfonamides is 1. The summed E-state index contributed by atoms with van der Waals surface area (Å²) in [5.74, 6) is -0.896. The van der Waals surface area contributed by atoms with Crippen LogP contribution in [0.15, 0.2) is 112 Å². The molecular weight excluding hydrogens is 674 g/mol. The molecular formula is C35H37BrClN3O4S. The van der Waals surface area contributed by atoms with E-state index in [4.69, 9.17) is 11.6 Å². The molecule has 2 amide bonds. The Labute approximate surface area is 279 Å². The van der Waals surface area contributed by atoms with Gasteiger partial charge in [-0.15, -0.1) is 0 Å². The molecule has 0 radical (unpaired) electrons. The number of anilines is 1. The van der Waals surface area contributed by atoms with Crippen LogP contribution in [0, 0.1) is 6.92 Å². The molecule has 0 aliphatic rings. The largest absolute Gasteiger partial charge is 0.350 e. The number of rotatable bonds is 11. The topological polar surface area (TPSA) is 86.8 Å². The Hall–Kier alpha value is -3.66. The average molecular weight is 711 g/mol. The number of nitrogens with zero attached hydrogens (tertiary/aromatic N) is 2. The summed E-state index contributed by atoms with van der Waals surface area (Å²) < 4.78 is 30.0. The monoisotopic (exact) mass is 709 g/mol. The van der Waals surface area contributed by atoms with Crippen molar-refractivity contribution in [2.75, 3.05) is 10.8 Å². The van der Waals surface area contributed by atoms with E-state index in [-0.39, 0.29) is 23.8 Å². The number of carbonyl (C=O) groups is 2. The zero-order valence-electron chi connectivity index (χ0n) is 25.7. The van der Waals surface area contributed by atoms with Gasteiger partial charge in [0, 0.05) is 28.0 Å². The molecule has 0 unspecified atom stereocenters. The van der Waals surface area contributed by atoms with Crippen molar-refractivity contribution in [3.63, 3.8) is 0 Å². The van der Waals surface area contributed by atoms with Gasteiger partial charge < -0.3 is 10.2 Å². The number of aryl methyl sites for hydroxylation is 1. The predicted octanol–water partition coefficient (Wildman–Crippen LogP) is 7.16. The van der Waals surface area contributed by atoms with Crippen molar-refractivity contribution in [1.82, 2.24) is 10.2 Å². The Bertz CT molecular complexity index is 1740. The minimum atomic E-state index is -4.19. The van der Waals surface area contributed by atoms with Crippen LogP contribution in [-0.4, -0.2) is 43.3 Å². The van der Waals surface area contributed by atoms with Gasteiger partial charge in [0.25, 0.3) is 10.0 Å². The third-order valence-electron chi connectivity index (χ3n) is 7.00. The quantitative estimate of drug-likeness (QED) is 0.179. The zero-order valence-corrected chi connectivity index (χ0v) is 28.9. The number of hydrogen-bond donors (Lipinski definition) is 1. The van der Waals surface area contributed by atoms with Gasteiger partial charge in [-0.2, -0.15) is 0 Å². The Morgan fingerprint density at radius 1 is 0.867 bits per heavy atom. The molecule has 0 saturated heterocycles. The predicted molar refractivity (Wildman–Crippen MR) is 184 cm³/mol. The van der Waals surface area contributed by atoms with E-state index in [0.717, 1.165) is 15.4 Å². The van der Waals surface area contributed by atoms with Gasteiger partial charge in [0.1, 0.15) is 12.6 Å². The second kappa shape index (κ2) is 14.6. The van der Waals surface area contributed by atoms with Gasteiger partial charge in [-0.3, -0.25) is 13.9 Å². The summed E-state index contributed by atoms with van der Waals surface area (Å²) in [6.07, 6.45) is 0.219. The first-order chi connectivity index (χ1) is 21.2. The van der Waals surface area contributed by atoms with Gasteiger partial charge in [-0.1, -0.05) is 93.8 Å². The summed E-state index contributed by atoms with van der Waals surface area (Å²) in [7, 11) is -4.19. The first-order valence-electron chi connectivity index (χ1n) is 14.5. The highest BCUT2D eigenvalue weighted by molar-refractivity contribution is 9.10. The molecule has 0 aliphatic heterocycles. The van der Waals surface area contributed by atoms with E-state index in [2.05, 4.69) is 21.2 Å². The molecule has 4 rings (SSSR count). The van der Waals surface area contributed by atoms with E-state index in [1.54, 1.807) is 54.6 Å². The number of halogens is 2. The molecule has 4 aromatic rings. The molecule has 0 heterocycles. The van der Waals surface area contributed by atoms with Crippen molar-refractivity contribution in [3.05, 3.63) is 129 Å². The van der Waals surface area contributed by atoms with E-state index in [9.17, 15) is 18.0 Å². The van der Waals surface area contributed by atoms with Gasteiger partial charge in [0.15, 0.2) is 0 Å². The number of benzene rings is 4. The molecule has 7 nitrogen and oxygen atoms in total. The maximum absolute atomic E-state index is 14.5. The lowest BCUT2D eigenvalue weighted by molar-refractivity contribution is -0.140. The number of hydrogen-bond acceptors (Lipinski definition) is 4. The molecule has 4 aromatic carbocycles. The summed E-state index contributed by atoms with van der Waals surface area (Å²) >= 11 is 9.74. The Balaban J connectivity index is 1.82. The fraction of sp³-hybridized carbons (Fsp3) is 0.257. The molecule has 0 aliphatic carbocycles. The minimum Gasteiger partial charge on any atom is -0.350 e. The maximum Gasteiger partial charge on any atom is 0.264 e. The van der Waals surface area contributed by atoms with Crippen molar-refractivity contribution in [2.45, 2.75) is 57.1 Å². The SMILES string of the molecule is Cc1ccc(S(=O)(=O)N(CC(=O)N(Cc2cccc(Cl)c2)[C@@H](Cc2ccccc2)C(=O)NC(C)(C)C)c2cccc(Br)c2)cc1. The summed E-state index contributed by atoms with van der Waals surface area (Å²) in [6.45, 7) is 6.98. The highest BCUT2D eigenvalue weighted by atomic mass is 79.9. The van der Waals surface area contributed by atoms with Crippen LogP contribution in [0.1, 0.15) is 37.5 Å². The molecule has 1 N–H and O–H groups in total. The van der Waals surface area contributed by atoms with Crippen molar-refractivity contribution in [3.8, 4) is 0 Å². The molecule has 0 aromatic heterocycles. The van der Waals surface area contributed by atoms with Crippen molar-refractivity contribution >= 4 is 55.1 Å². The smallest absolute Gasteiger partial charge is 0.264 e. The molecule has 236 valence electrons. The molecule has 0 spiro atoms. The lowest BCUT2D eigenvalue weighted by atomic mass is 10.0. The molecule has 45 heavy (non-hydrogen) atoms. The summed E-state index contributed by atoms with van der Waals surface area (Å²) in [5, 5.41) is 3.51. The van der Waals surface area contributed by atoms with E-state index in [0.29, 0.717) is 20.7 Å². The summed E-state index contributed by atoms with van der Waals surface area (Å²) in [4.78, 5) is 30.0. The number of amides is 2. The minimum absolute atomic E-state index is 0.0331. The van der Waals surface area contributed by atoms with E-state index < -0.39 is 34.1 Å². The van der Waals surface area contributed by atoms with E-state index >= 15 is 0 Å². The van der Waals surface area contributed by atoms with Crippen molar-refractivity contribution < 1.29 is 18.0 Å². The molecule has 0 saturated carbocycles. The molecule has 0 fully saturated rings. The van der Waals surface area contributed by atoms with E-state index in [1.807, 2.05) is 64.1 Å². The fourth-order valence-corrected chi connectivity index (χ4v) is 6.84. The highest BCUT2D eigenvalue weighted by Crippen LogP contribution is 2.28. The van der Waals surface area contributed by atoms with Crippen LogP contribution in [0.5, 0.6) is 0 Å². The molecule has 1 atom stereocenters. The standard InChI is InChI=1S/C35H37BrClN3O4S/c1-25-16-18-31(19-17-25)45(43,44)40(30-15-9-13-28(36)22-30)24-33(41)39(23-27-12-8-14-29(37)20-27)32(34(42)38-35(2,3)4)21-26-10-6-5-7-11-26/h5-20,22,32H,21,23-24H2,1-4H3,(H,38,42)/t32-/m0/s1. The Morgan fingerprint density at radius 2 is 1.51 bits per heavy atom. The first kappa shape index (κ1) is 34.2. The second-order valence-electron chi connectivity index (χ2n) is 11.9. The van der Waals surface area contributed by atoms with Crippen molar-refractivity contribution in [1.29, 1.82) is 0 Å². The van der Waals surface area contributed by atoms with Gasteiger partial charge in [0.2, 0.25) is 11.8 Å². The number of nitrogens with one attached hydrogen (secondary N) is 1. The van der Waals surface area contributed by atoms with Gasteiger partial charge in [-0.05, 0) is 81.3 Å². The maximum atomic E-state index is 14.5. The van der Waals surface area contributed by atoms with Crippen LogP contribution < -0.4 is 9.62 Å². The van der Waals surface area contributed by atoms with Crippen LogP contribution >= 0.6 is 27.5 Å². The third kappa shape index (κ3) is 9.42. The van der Waals surface area contributed by atoms with Crippen LogP contribution in [0.3, 0.4) is 0 Å². The average Bonchev–Trinajstić information content (AvgIpc) is 2.97. The van der Waals surface area contributed by atoms with Crippen LogP contribution in [0.2, 0.25) is 5.02 Å². The van der Waals surface area contributed by atoms with E-state index in [1.165, 1.54) is 17.0 Å². The van der Waals surface area contributed by atoms with Crippen LogP contribution in [0.25, 0.3) is 0 Å². The third-order valence-corrected chi connectivity index (χ3v) is 9.51. The van der Waals surface area contributed by atoms with Gasteiger partial charge in [0.05, 0.1) is 10.6 Å². The zero-order chi connectivity index (χ0) is 32.8. The lowest BCUT2D eigenvalue weighted by Crippen LogP contribution is -2.56. The Kier molecular flexibility index (Phi) is 11.1. The second-order valence-corrected chi connectivity index (χ2v) is 15.1. The lowest BCUT2D eigenvalue weighted by Gasteiger charge is -2.35.